The fourth-order valence-electron chi connectivity index (χ4n) is 1.40. The number of rotatable bonds is 1. The molecular weight excluding hydrogens is 192 g/mol. The van der Waals surface area contributed by atoms with Gasteiger partial charge < -0.3 is 9.50 Å². The lowest BCUT2D eigenvalue weighted by Gasteiger charge is -2.35. The fraction of sp³-hybridized carbons (Fsp3) is 1.00. The first kappa shape index (κ1) is 9.15. The van der Waals surface area contributed by atoms with E-state index in [4.69, 9.17) is 4.18 Å². The van der Waals surface area contributed by atoms with Gasteiger partial charge in [0.2, 0.25) is 0 Å². The van der Waals surface area contributed by atoms with Crippen LogP contribution in [0.15, 0.2) is 0 Å². The molecule has 0 spiro atoms. The normalized spacial score (nSPS) is 33.5. The Morgan fingerprint density at radius 1 is 1.50 bits per heavy atom. The summed E-state index contributed by atoms with van der Waals surface area (Å²) in [7, 11) is 0. The van der Waals surface area contributed by atoms with E-state index in [-0.39, 0.29) is 0 Å². The smallest absolute Gasteiger partial charge is 0.0742 e. The lowest BCUT2D eigenvalue weighted by atomic mass is 10.5. The van der Waals surface area contributed by atoms with Crippen molar-refractivity contribution in [3.05, 3.63) is 0 Å². The monoisotopic (exact) mass is 206 g/mol. The summed E-state index contributed by atoms with van der Waals surface area (Å²) in [5.74, 6) is 2.27. The summed E-state index contributed by atoms with van der Waals surface area (Å²) >= 11 is 3.65. The van der Waals surface area contributed by atoms with E-state index in [1.165, 1.54) is 12.3 Å². The molecule has 0 radical (unpaired) electrons. The van der Waals surface area contributed by atoms with Crippen LogP contribution in [0.5, 0.6) is 0 Å². The van der Waals surface area contributed by atoms with Gasteiger partial charge in [-0.2, -0.15) is 0 Å². The molecule has 0 saturated carbocycles. The van der Waals surface area contributed by atoms with E-state index in [2.05, 4.69) is 22.0 Å². The number of hydrogen-bond donors (Lipinski definition) is 1. The molecule has 0 aromatic rings. The van der Waals surface area contributed by atoms with Gasteiger partial charge in [-0.05, 0) is 0 Å². The van der Waals surface area contributed by atoms with Crippen LogP contribution in [0.2, 0.25) is 0 Å². The summed E-state index contributed by atoms with van der Waals surface area (Å²) in [6.07, 6.45) is 0. The van der Waals surface area contributed by atoms with Crippen LogP contribution < -0.4 is 5.32 Å². The van der Waals surface area contributed by atoms with Crippen LogP contribution >= 0.6 is 23.8 Å². The quantitative estimate of drug-likeness (QED) is 0.633. The molecule has 2 saturated heterocycles. The summed E-state index contributed by atoms with van der Waals surface area (Å²) in [5.41, 5.74) is 0. The Balaban J connectivity index is 1.80. The summed E-state index contributed by atoms with van der Waals surface area (Å²) < 4.78 is 5.24. The van der Waals surface area contributed by atoms with Gasteiger partial charge in [-0.1, -0.05) is 0 Å². The molecule has 1 unspecified atom stereocenters. The van der Waals surface area contributed by atoms with Crippen molar-refractivity contribution in [2.75, 3.05) is 37.9 Å². The zero-order valence-electron chi connectivity index (χ0n) is 6.99. The molecule has 1 N–H and O–H groups in total. The van der Waals surface area contributed by atoms with Crippen molar-refractivity contribution in [3.8, 4) is 0 Å². The van der Waals surface area contributed by atoms with Crippen LogP contribution in [-0.4, -0.2) is 48.1 Å². The molecule has 0 amide bonds. The SMILES string of the molecule is C1CSC(N2CCOSC2)CN1. The first-order valence-corrected chi connectivity index (χ1v) is 6.23. The number of nitrogens with zero attached hydrogens (tertiary/aromatic N) is 1. The highest BCUT2D eigenvalue weighted by Crippen LogP contribution is 2.22. The van der Waals surface area contributed by atoms with Gasteiger partial charge in [0.1, 0.15) is 0 Å². The Morgan fingerprint density at radius 2 is 2.50 bits per heavy atom. The summed E-state index contributed by atoms with van der Waals surface area (Å²) in [4.78, 5) is 2.49. The number of nitrogens with one attached hydrogen (secondary N) is 1. The molecule has 2 rings (SSSR count). The lowest BCUT2D eigenvalue weighted by molar-refractivity contribution is 0.206. The summed E-state index contributed by atoms with van der Waals surface area (Å²) in [6.45, 7) is 4.26. The zero-order chi connectivity index (χ0) is 8.23. The molecule has 12 heavy (non-hydrogen) atoms. The van der Waals surface area contributed by atoms with Gasteiger partial charge in [-0.3, -0.25) is 4.90 Å². The minimum atomic E-state index is 0.676. The Kier molecular flexibility index (Phi) is 3.59. The van der Waals surface area contributed by atoms with E-state index < -0.39 is 0 Å². The Labute approximate surface area is 81.8 Å². The Morgan fingerprint density at radius 3 is 3.17 bits per heavy atom. The fourth-order valence-corrected chi connectivity index (χ4v) is 3.36. The molecule has 1 atom stereocenters. The maximum absolute atomic E-state index is 5.24. The third-order valence-corrected chi connectivity index (χ3v) is 4.14. The highest BCUT2D eigenvalue weighted by molar-refractivity contribution is 8.00. The van der Waals surface area contributed by atoms with Crippen LogP contribution in [0.1, 0.15) is 0 Å². The largest absolute Gasteiger partial charge is 0.313 e. The van der Waals surface area contributed by atoms with Crippen molar-refractivity contribution in [2.45, 2.75) is 5.37 Å². The Bertz CT molecular complexity index is 119. The molecule has 0 bridgehead atoms. The minimum Gasteiger partial charge on any atom is -0.313 e. The van der Waals surface area contributed by atoms with Gasteiger partial charge in [0.05, 0.1) is 17.9 Å². The molecule has 70 valence electrons. The standard InChI is InChI=1S/C7H14N2OS2/c1-4-11-7(5-8-1)9-2-3-10-12-6-9/h7-8H,1-6H2. The molecule has 3 nitrogen and oxygen atoms in total. The molecule has 0 aliphatic carbocycles. The van der Waals surface area contributed by atoms with Crippen LogP contribution in [0.4, 0.5) is 0 Å². The van der Waals surface area contributed by atoms with Crippen molar-refractivity contribution in [1.29, 1.82) is 0 Å². The third-order valence-electron chi connectivity index (χ3n) is 2.08. The molecule has 2 fully saturated rings. The van der Waals surface area contributed by atoms with Gasteiger partial charge in [-0.25, -0.2) is 0 Å². The molecule has 2 heterocycles. The van der Waals surface area contributed by atoms with Crippen molar-refractivity contribution < 1.29 is 4.18 Å². The maximum atomic E-state index is 5.24. The Hall–Kier alpha value is 0.580. The van der Waals surface area contributed by atoms with Crippen molar-refractivity contribution in [3.63, 3.8) is 0 Å². The summed E-state index contributed by atoms with van der Waals surface area (Å²) in [6, 6.07) is 0. The van der Waals surface area contributed by atoms with Gasteiger partial charge in [0, 0.05) is 37.4 Å². The van der Waals surface area contributed by atoms with Crippen LogP contribution in [0, 0.1) is 0 Å². The highest BCUT2D eigenvalue weighted by Gasteiger charge is 2.23. The van der Waals surface area contributed by atoms with E-state index in [1.807, 2.05) is 0 Å². The average Bonchev–Trinajstić information content (AvgIpc) is 2.21. The molecule has 2 aliphatic rings. The van der Waals surface area contributed by atoms with E-state index in [0.29, 0.717) is 5.37 Å². The molecule has 5 heteroatoms. The van der Waals surface area contributed by atoms with Crippen molar-refractivity contribution in [2.24, 2.45) is 0 Å². The second-order valence-electron chi connectivity index (χ2n) is 2.91. The first-order chi connectivity index (χ1) is 5.97. The van der Waals surface area contributed by atoms with Crippen LogP contribution in [0.3, 0.4) is 0 Å². The van der Waals surface area contributed by atoms with E-state index in [1.54, 1.807) is 12.0 Å². The maximum Gasteiger partial charge on any atom is 0.0742 e. The van der Waals surface area contributed by atoms with E-state index >= 15 is 0 Å². The zero-order valence-corrected chi connectivity index (χ0v) is 8.62. The second-order valence-corrected chi connectivity index (χ2v) is 4.93. The third kappa shape index (κ3) is 2.29. The minimum absolute atomic E-state index is 0.676. The lowest BCUT2D eigenvalue weighted by Crippen LogP contribution is -2.46. The van der Waals surface area contributed by atoms with Gasteiger partial charge in [-0.15, -0.1) is 11.8 Å². The predicted molar refractivity (Wildman–Crippen MR) is 54.2 cm³/mol. The first-order valence-electron chi connectivity index (χ1n) is 4.27. The second kappa shape index (κ2) is 4.72. The average molecular weight is 206 g/mol. The number of hydrogen-bond acceptors (Lipinski definition) is 5. The molecule has 2 aliphatic heterocycles. The van der Waals surface area contributed by atoms with Gasteiger partial charge in [0.25, 0.3) is 0 Å². The molecular formula is C7H14N2OS2. The van der Waals surface area contributed by atoms with Gasteiger partial charge in [0.15, 0.2) is 0 Å². The topological polar surface area (TPSA) is 24.5 Å². The number of thioether (sulfide) groups is 1. The predicted octanol–water partition coefficient (Wildman–Crippen LogP) is 0.587. The molecule has 0 aromatic carbocycles. The van der Waals surface area contributed by atoms with Crippen molar-refractivity contribution in [1.82, 2.24) is 10.2 Å². The molecule has 0 aromatic heterocycles. The van der Waals surface area contributed by atoms with Crippen LogP contribution in [0.25, 0.3) is 0 Å². The van der Waals surface area contributed by atoms with E-state index in [0.717, 1.165) is 25.6 Å². The van der Waals surface area contributed by atoms with E-state index in [9.17, 15) is 0 Å². The van der Waals surface area contributed by atoms with Crippen LogP contribution in [-0.2, 0) is 4.18 Å². The highest BCUT2D eigenvalue weighted by atomic mass is 32.2. The van der Waals surface area contributed by atoms with Crippen molar-refractivity contribution >= 4 is 23.8 Å². The summed E-state index contributed by atoms with van der Waals surface area (Å²) in [5, 5.41) is 4.10. The van der Waals surface area contributed by atoms with Gasteiger partial charge >= 0.3 is 0 Å².